The predicted molar refractivity (Wildman–Crippen MR) is 49.3 cm³/mol. The molecule has 0 saturated heterocycles. The Morgan fingerprint density at radius 3 is 2.47 bits per heavy atom. The highest BCUT2D eigenvalue weighted by Gasteiger charge is 2.20. The van der Waals surface area contributed by atoms with E-state index in [4.69, 9.17) is 4.74 Å². The zero-order chi connectivity index (χ0) is 11.3. The Balaban J connectivity index is 2.25. The van der Waals surface area contributed by atoms with Crippen LogP contribution >= 0.6 is 0 Å². The Kier molecular flexibility index (Phi) is 4.55. The summed E-state index contributed by atoms with van der Waals surface area (Å²) in [4.78, 5) is 21.6. The summed E-state index contributed by atoms with van der Waals surface area (Å²) in [5.41, 5.74) is 3.31. The fraction of sp³-hybridized carbons (Fsp3) is 0.800. The highest BCUT2D eigenvalue weighted by atomic mass is 16.5. The Labute approximate surface area is 88.6 Å². The van der Waals surface area contributed by atoms with E-state index in [1.165, 1.54) is 6.42 Å². The maximum atomic E-state index is 11.3. The monoisotopic (exact) mass is 215 g/mol. The summed E-state index contributed by atoms with van der Waals surface area (Å²) >= 11 is 0. The number of hydrogen-bond donors (Lipinski definition) is 1. The first-order chi connectivity index (χ1) is 7.09. The molecule has 1 aliphatic rings. The molecule has 0 aliphatic heterocycles. The lowest BCUT2D eigenvalue weighted by Crippen LogP contribution is -2.69. The summed E-state index contributed by atoms with van der Waals surface area (Å²) in [6.07, 6.45) is 4.89. The summed E-state index contributed by atoms with van der Waals surface area (Å²) < 4.78 is 5.14. The van der Waals surface area contributed by atoms with Crippen LogP contribution in [0.1, 0.15) is 38.5 Å². The minimum Gasteiger partial charge on any atom is -0.544 e. The van der Waals surface area contributed by atoms with Gasteiger partial charge in [-0.05, 0) is 25.7 Å². The number of rotatable bonds is 4. The quantitative estimate of drug-likeness (QED) is 0.584. The van der Waals surface area contributed by atoms with Gasteiger partial charge < -0.3 is 20.4 Å². The third kappa shape index (κ3) is 4.29. The van der Waals surface area contributed by atoms with Crippen LogP contribution in [0.15, 0.2) is 0 Å². The molecule has 5 heteroatoms. The van der Waals surface area contributed by atoms with Crippen molar-refractivity contribution >= 4 is 11.9 Å². The molecule has 0 heterocycles. The number of quaternary nitrogens is 1. The minimum atomic E-state index is -1.31. The molecule has 1 rings (SSSR count). The first kappa shape index (κ1) is 12.0. The molecule has 1 fully saturated rings. The Hall–Kier alpha value is -1.10. The molecule has 1 atom stereocenters. The van der Waals surface area contributed by atoms with Gasteiger partial charge in [0.1, 0.15) is 18.6 Å². The number of ether oxygens (including phenoxy) is 1. The lowest BCUT2D eigenvalue weighted by Gasteiger charge is -2.22. The van der Waals surface area contributed by atoms with E-state index >= 15 is 0 Å². The molecule has 0 unspecified atom stereocenters. The molecule has 0 radical (unpaired) electrons. The summed E-state index contributed by atoms with van der Waals surface area (Å²) in [6, 6.07) is -1.01. The van der Waals surface area contributed by atoms with E-state index in [0.29, 0.717) is 0 Å². The number of aliphatic carboxylic acids is 1. The topological polar surface area (TPSA) is 94.1 Å². The van der Waals surface area contributed by atoms with Crippen LogP contribution in [0.25, 0.3) is 0 Å². The smallest absolute Gasteiger partial charge is 0.312 e. The number of esters is 1. The van der Waals surface area contributed by atoms with Crippen molar-refractivity contribution in [3.8, 4) is 0 Å². The van der Waals surface area contributed by atoms with Crippen LogP contribution in [0.5, 0.6) is 0 Å². The zero-order valence-corrected chi connectivity index (χ0v) is 8.74. The Bertz CT molecular complexity index is 236. The van der Waals surface area contributed by atoms with Gasteiger partial charge in [-0.15, -0.1) is 0 Å². The predicted octanol–water partition coefficient (Wildman–Crippen LogP) is -1.39. The molecule has 86 valence electrons. The Morgan fingerprint density at radius 2 is 1.93 bits per heavy atom. The Morgan fingerprint density at radius 1 is 1.33 bits per heavy atom. The average molecular weight is 215 g/mol. The molecule has 5 nitrogen and oxygen atoms in total. The normalized spacial score (nSPS) is 19.5. The number of carboxylic acids is 1. The van der Waals surface area contributed by atoms with Crippen LogP contribution in [0, 0.1) is 0 Å². The van der Waals surface area contributed by atoms with Crippen LogP contribution in [-0.4, -0.2) is 24.1 Å². The van der Waals surface area contributed by atoms with Crippen molar-refractivity contribution in [1.29, 1.82) is 0 Å². The van der Waals surface area contributed by atoms with Crippen molar-refractivity contribution in [2.75, 3.05) is 0 Å². The van der Waals surface area contributed by atoms with Gasteiger partial charge in [-0.25, -0.2) is 0 Å². The molecule has 0 spiro atoms. The maximum absolute atomic E-state index is 11.3. The molecular formula is C10H17NO4. The number of carbonyl (C=O) groups excluding carboxylic acids is 2. The lowest BCUT2D eigenvalue weighted by molar-refractivity contribution is -0.436. The first-order valence-corrected chi connectivity index (χ1v) is 5.33. The van der Waals surface area contributed by atoms with Crippen LogP contribution in [0.3, 0.4) is 0 Å². The first-order valence-electron chi connectivity index (χ1n) is 5.33. The molecule has 3 N–H and O–H groups in total. The molecule has 1 saturated carbocycles. The standard InChI is InChI=1S/C10H17NO4/c11-8(10(13)14)6-9(12)15-7-4-2-1-3-5-7/h7-8H,1-6,11H2,(H,13,14)/t8-/m0/s1. The van der Waals surface area contributed by atoms with E-state index in [-0.39, 0.29) is 12.5 Å². The van der Waals surface area contributed by atoms with Gasteiger partial charge in [0.2, 0.25) is 0 Å². The van der Waals surface area contributed by atoms with Crippen molar-refractivity contribution in [3.63, 3.8) is 0 Å². The largest absolute Gasteiger partial charge is 0.544 e. The van der Waals surface area contributed by atoms with Crippen molar-refractivity contribution in [3.05, 3.63) is 0 Å². The summed E-state index contributed by atoms with van der Waals surface area (Å²) in [5.74, 6) is -1.79. The highest BCUT2D eigenvalue weighted by Crippen LogP contribution is 2.20. The average Bonchev–Trinajstić information content (AvgIpc) is 2.18. The fourth-order valence-electron chi connectivity index (χ4n) is 1.70. The molecule has 0 aromatic carbocycles. The summed E-state index contributed by atoms with van der Waals surface area (Å²) in [5, 5.41) is 10.3. The number of hydrogen-bond acceptors (Lipinski definition) is 4. The van der Waals surface area contributed by atoms with E-state index in [2.05, 4.69) is 5.73 Å². The molecule has 0 aromatic rings. The molecule has 0 amide bonds. The van der Waals surface area contributed by atoms with Gasteiger partial charge in [-0.2, -0.15) is 0 Å². The van der Waals surface area contributed by atoms with Gasteiger partial charge in [0.15, 0.2) is 0 Å². The van der Waals surface area contributed by atoms with Gasteiger partial charge in [0.25, 0.3) is 0 Å². The lowest BCUT2D eigenvalue weighted by atomic mass is 9.98. The second-order valence-electron chi connectivity index (χ2n) is 3.97. The SMILES string of the molecule is [NH3+][C@@H](CC(=O)OC1CCCCC1)C(=O)[O-]. The molecule has 15 heavy (non-hydrogen) atoms. The summed E-state index contributed by atoms with van der Waals surface area (Å²) in [6.45, 7) is 0. The van der Waals surface area contributed by atoms with Crippen molar-refractivity contribution in [1.82, 2.24) is 0 Å². The number of carbonyl (C=O) groups is 2. The van der Waals surface area contributed by atoms with Crippen molar-refractivity contribution < 1.29 is 25.2 Å². The second kappa shape index (κ2) is 5.70. The van der Waals surface area contributed by atoms with Gasteiger partial charge in [-0.3, -0.25) is 4.79 Å². The summed E-state index contributed by atoms with van der Waals surface area (Å²) in [7, 11) is 0. The van der Waals surface area contributed by atoms with E-state index in [1.54, 1.807) is 0 Å². The maximum Gasteiger partial charge on any atom is 0.312 e. The van der Waals surface area contributed by atoms with Gasteiger partial charge in [0, 0.05) is 0 Å². The van der Waals surface area contributed by atoms with E-state index in [9.17, 15) is 14.7 Å². The third-order valence-corrected chi connectivity index (χ3v) is 2.60. The third-order valence-electron chi connectivity index (χ3n) is 2.60. The molecule has 0 bridgehead atoms. The van der Waals surface area contributed by atoms with Gasteiger partial charge >= 0.3 is 5.97 Å². The van der Waals surface area contributed by atoms with Gasteiger partial charge in [-0.1, -0.05) is 6.42 Å². The van der Waals surface area contributed by atoms with E-state index in [0.717, 1.165) is 25.7 Å². The second-order valence-corrected chi connectivity index (χ2v) is 3.97. The van der Waals surface area contributed by atoms with Crippen LogP contribution in [-0.2, 0) is 14.3 Å². The van der Waals surface area contributed by atoms with E-state index in [1.807, 2.05) is 0 Å². The van der Waals surface area contributed by atoms with Gasteiger partial charge in [0.05, 0.1) is 5.97 Å². The van der Waals surface area contributed by atoms with Crippen molar-refractivity contribution in [2.24, 2.45) is 0 Å². The van der Waals surface area contributed by atoms with Crippen LogP contribution in [0.4, 0.5) is 0 Å². The fourth-order valence-corrected chi connectivity index (χ4v) is 1.70. The zero-order valence-electron chi connectivity index (χ0n) is 8.74. The number of carboxylic acid groups (broad SMARTS) is 1. The molecule has 1 aliphatic carbocycles. The minimum absolute atomic E-state index is 0.0276. The highest BCUT2D eigenvalue weighted by molar-refractivity contribution is 5.78. The van der Waals surface area contributed by atoms with E-state index < -0.39 is 18.0 Å². The van der Waals surface area contributed by atoms with Crippen LogP contribution in [0.2, 0.25) is 0 Å². The van der Waals surface area contributed by atoms with Crippen molar-refractivity contribution in [2.45, 2.75) is 50.7 Å². The molecular weight excluding hydrogens is 198 g/mol. The molecule has 0 aromatic heterocycles. The van der Waals surface area contributed by atoms with Crippen LogP contribution < -0.4 is 10.8 Å².